The van der Waals surface area contributed by atoms with E-state index in [4.69, 9.17) is 9.47 Å². The Labute approximate surface area is 116 Å². The lowest BCUT2D eigenvalue weighted by Gasteiger charge is -2.02. The van der Waals surface area contributed by atoms with Crippen LogP contribution in [0.2, 0.25) is 0 Å². The zero-order chi connectivity index (χ0) is 14.3. The van der Waals surface area contributed by atoms with E-state index in [1.54, 1.807) is 0 Å². The van der Waals surface area contributed by atoms with Gasteiger partial charge in [0.2, 0.25) is 0 Å². The van der Waals surface area contributed by atoms with Crippen LogP contribution in [0, 0.1) is 0 Å². The summed E-state index contributed by atoms with van der Waals surface area (Å²) in [7, 11) is 0. The Bertz CT molecular complexity index is 271. The van der Waals surface area contributed by atoms with Gasteiger partial charge in [0.05, 0.1) is 13.2 Å². The molecule has 0 aromatic rings. The molecule has 0 unspecified atom stereocenters. The van der Waals surface area contributed by atoms with Gasteiger partial charge in [-0.1, -0.05) is 46.0 Å². The molecule has 19 heavy (non-hydrogen) atoms. The van der Waals surface area contributed by atoms with Crippen LogP contribution in [-0.2, 0) is 19.1 Å². The highest BCUT2D eigenvalue weighted by Crippen LogP contribution is 2.04. The molecule has 110 valence electrons. The van der Waals surface area contributed by atoms with Gasteiger partial charge in [0, 0.05) is 12.2 Å². The van der Waals surface area contributed by atoms with E-state index in [-0.39, 0.29) is 0 Å². The van der Waals surface area contributed by atoms with Crippen molar-refractivity contribution in [3.63, 3.8) is 0 Å². The summed E-state index contributed by atoms with van der Waals surface area (Å²) < 4.78 is 9.76. The molecule has 0 aromatic heterocycles. The Kier molecular flexibility index (Phi) is 12.2. The van der Waals surface area contributed by atoms with Crippen LogP contribution in [0.4, 0.5) is 0 Å². The lowest BCUT2D eigenvalue weighted by Crippen LogP contribution is -2.05. The van der Waals surface area contributed by atoms with E-state index in [9.17, 15) is 9.59 Å². The molecule has 4 nitrogen and oxygen atoms in total. The molecule has 0 bridgehead atoms. The first-order valence-corrected chi connectivity index (χ1v) is 7.22. The molecule has 0 atom stereocenters. The number of ether oxygens (including phenoxy) is 2. The monoisotopic (exact) mass is 270 g/mol. The average molecular weight is 270 g/mol. The van der Waals surface area contributed by atoms with Crippen LogP contribution in [0.25, 0.3) is 0 Å². The van der Waals surface area contributed by atoms with Crippen LogP contribution in [0.3, 0.4) is 0 Å². The maximum Gasteiger partial charge on any atom is 0.331 e. The predicted molar refractivity (Wildman–Crippen MR) is 74.7 cm³/mol. The summed E-state index contributed by atoms with van der Waals surface area (Å²) in [5, 5.41) is 0. The number of rotatable bonds is 11. The van der Waals surface area contributed by atoms with Crippen molar-refractivity contribution >= 4 is 11.9 Å². The van der Waals surface area contributed by atoms with Crippen molar-refractivity contribution in [3.05, 3.63) is 12.2 Å². The largest absolute Gasteiger partial charge is 0.463 e. The van der Waals surface area contributed by atoms with E-state index >= 15 is 0 Å². The molecule has 0 fully saturated rings. The average Bonchev–Trinajstić information content (AvgIpc) is 2.41. The second-order valence-corrected chi connectivity index (χ2v) is 4.44. The highest BCUT2D eigenvalue weighted by atomic mass is 16.5. The molecule has 4 heteroatoms. The summed E-state index contributed by atoms with van der Waals surface area (Å²) in [6, 6.07) is 0. The molecule has 0 aliphatic heterocycles. The van der Waals surface area contributed by atoms with Gasteiger partial charge in [0.1, 0.15) is 0 Å². The molecular weight excluding hydrogens is 244 g/mol. The minimum atomic E-state index is -0.502. The molecule has 0 aliphatic carbocycles. The molecular formula is C15H26O4. The SMILES string of the molecule is CCCCCCCCOC(=O)/C=C/C(=O)OCCC. The smallest absolute Gasteiger partial charge is 0.331 e. The van der Waals surface area contributed by atoms with Gasteiger partial charge >= 0.3 is 11.9 Å². The lowest BCUT2D eigenvalue weighted by atomic mass is 10.1. The van der Waals surface area contributed by atoms with E-state index in [0.29, 0.717) is 13.2 Å². The van der Waals surface area contributed by atoms with E-state index < -0.39 is 11.9 Å². The molecule has 0 aromatic carbocycles. The predicted octanol–water partition coefficient (Wildman–Crippen LogP) is 3.40. The third-order valence-electron chi connectivity index (χ3n) is 2.55. The summed E-state index contributed by atoms with van der Waals surface area (Å²) in [5.41, 5.74) is 0. The molecule has 0 spiro atoms. The summed E-state index contributed by atoms with van der Waals surface area (Å²) in [6.07, 6.45) is 9.88. The number of hydrogen-bond donors (Lipinski definition) is 0. The molecule has 0 saturated heterocycles. The first-order chi connectivity index (χ1) is 9.20. The first kappa shape index (κ1) is 17.7. The third kappa shape index (κ3) is 12.9. The van der Waals surface area contributed by atoms with Crippen LogP contribution < -0.4 is 0 Å². The summed E-state index contributed by atoms with van der Waals surface area (Å²) >= 11 is 0. The fraction of sp³-hybridized carbons (Fsp3) is 0.733. The van der Waals surface area contributed by atoms with Crippen molar-refractivity contribution in [1.82, 2.24) is 0 Å². The minimum absolute atomic E-state index is 0.371. The van der Waals surface area contributed by atoms with Gasteiger partial charge in [-0.15, -0.1) is 0 Å². The molecule has 0 amide bonds. The number of unbranched alkanes of at least 4 members (excludes halogenated alkanes) is 5. The fourth-order valence-corrected chi connectivity index (χ4v) is 1.49. The third-order valence-corrected chi connectivity index (χ3v) is 2.55. The van der Waals surface area contributed by atoms with Gasteiger partial charge in [-0.05, 0) is 12.8 Å². The molecule has 0 heterocycles. The fourth-order valence-electron chi connectivity index (χ4n) is 1.49. The highest BCUT2D eigenvalue weighted by Gasteiger charge is 2.00. The van der Waals surface area contributed by atoms with Crippen molar-refractivity contribution in [2.75, 3.05) is 13.2 Å². The molecule has 0 radical (unpaired) electrons. The lowest BCUT2D eigenvalue weighted by molar-refractivity contribution is -0.140. The Morgan fingerprint density at radius 3 is 1.84 bits per heavy atom. The quantitative estimate of drug-likeness (QED) is 0.328. The van der Waals surface area contributed by atoms with E-state index in [0.717, 1.165) is 31.4 Å². The molecule has 0 aliphatic rings. The second kappa shape index (κ2) is 13.1. The van der Waals surface area contributed by atoms with Crippen LogP contribution in [-0.4, -0.2) is 25.2 Å². The van der Waals surface area contributed by atoms with Crippen LogP contribution >= 0.6 is 0 Å². The zero-order valence-electron chi connectivity index (χ0n) is 12.2. The van der Waals surface area contributed by atoms with Crippen molar-refractivity contribution in [2.24, 2.45) is 0 Å². The minimum Gasteiger partial charge on any atom is -0.463 e. The van der Waals surface area contributed by atoms with Crippen LogP contribution in [0.1, 0.15) is 58.8 Å². The van der Waals surface area contributed by atoms with E-state index in [1.165, 1.54) is 25.7 Å². The number of carbonyl (C=O) groups excluding carboxylic acids is 2. The normalized spacial score (nSPS) is 10.6. The van der Waals surface area contributed by atoms with Gasteiger partial charge in [-0.2, -0.15) is 0 Å². The van der Waals surface area contributed by atoms with Crippen LogP contribution in [0.15, 0.2) is 12.2 Å². The topological polar surface area (TPSA) is 52.6 Å². The van der Waals surface area contributed by atoms with E-state index in [2.05, 4.69) is 6.92 Å². The van der Waals surface area contributed by atoms with Gasteiger partial charge in [0.15, 0.2) is 0 Å². The van der Waals surface area contributed by atoms with Crippen molar-refractivity contribution < 1.29 is 19.1 Å². The van der Waals surface area contributed by atoms with Gasteiger partial charge in [0.25, 0.3) is 0 Å². The van der Waals surface area contributed by atoms with Gasteiger partial charge in [-0.25, -0.2) is 9.59 Å². The van der Waals surface area contributed by atoms with Gasteiger partial charge in [-0.3, -0.25) is 0 Å². The second-order valence-electron chi connectivity index (χ2n) is 4.44. The number of hydrogen-bond acceptors (Lipinski definition) is 4. The number of esters is 2. The summed E-state index contributed by atoms with van der Waals surface area (Å²) in [6.45, 7) is 4.88. The Balaban J connectivity index is 3.48. The molecule has 0 N–H and O–H groups in total. The molecule has 0 saturated carbocycles. The number of carbonyl (C=O) groups is 2. The van der Waals surface area contributed by atoms with Crippen molar-refractivity contribution in [2.45, 2.75) is 58.8 Å². The Morgan fingerprint density at radius 2 is 1.26 bits per heavy atom. The van der Waals surface area contributed by atoms with Gasteiger partial charge < -0.3 is 9.47 Å². The van der Waals surface area contributed by atoms with Crippen LogP contribution in [0.5, 0.6) is 0 Å². The Hall–Kier alpha value is -1.32. The molecule has 0 rings (SSSR count). The standard InChI is InChI=1S/C15H26O4/c1-3-5-6-7-8-9-13-19-15(17)11-10-14(16)18-12-4-2/h10-11H,3-9,12-13H2,1-2H3/b11-10+. The van der Waals surface area contributed by atoms with Crippen molar-refractivity contribution in [1.29, 1.82) is 0 Å². The highest BCUT2D eigenvalue weighted by molar-refractivity contribution is 5.91. The Morgan fingerprint density at radius 1 is 0.737 bits per heavy atom. The van der Waals surface area contributed by atoms with E-state index in [1.807, 2.05) is 6.92 Å². The maximum atomic E-state index is 11.2. The van der Waals surface area contributed by atoms with Crippen molar-refractivity contribution in [3.8, 4) is 0 Å². The first-order valence-electron chi connectivity index (χ1n) is 7.22. The maximum absolute atomic E-state index is 11.2. The zero-order valence-corrected chi connectivity index (χ0v) is 12.2. The summed E-state index contributed by atoms with van der Waals surface area (Å²) in [4.78, 5) is 22.3. The summed E-state index contributed by atoms with van der Waals surface area (Å²) in [5.74, 6) is -0.986.